The quantitative estimate of drug-likeness (QED) is 0.515. The molecule has 0 radical (unpaired) electrons. The molecular formula is C14H31NO. The molecule has 0 saturated carbocycles. The molecule has 0 spiro atoms. The highest BCUT2D eigenvalue weighted by molar-refractivity contribution is 4.63. The number of rotatable bonds is 12. The van der Waals surface area contributed by atoms with Crippen molar-refractivity contribution in [2.45, 2.75) is 71.3 Å². The van der Waals surface area contributed by atoms with Crippen LogP contribution in [0.5, 0.6) is 0 Å². The van der Waals surface area contributed by atoms with E-state index < -0.39 is 0 Å². The van der Waals surface area contributed by atoms with Gasteiger partial charge in [-0.25, -0.2) is 0 Å². The Morgan fingerprint density at radius 1 is 0.938 bits per heavy atom. The van der Waals surface area contributed by atoms with Gasteiger partial charge >= 0.3 is 0 Å². The number of hydrogen-bond donors (Lipinski definition) is 1. The van der Waals surface area contributed by atoms with Gasteiger partial charge in [0, 0.05) is 12.6 Å². The molecule has 0 bridgehead atoms. The maximum absolute atomic E-state index is 5.57. The van der Waals surface area contributed by atoms with Gasteiger partial charge in [-0.15, -0.1) is 0 Å². The van der Waals surface area contributed by atoms with Gasteiger partial charge in [0.15, 0.2) is 0 Å². The topological polar surface area (TPSA) is 21.3 Å². The van der Waals surface area contributed by atoms with Crippen LogP contribution in [0.4, 0.5) is 0 Å². The highest BCUT2D eigenvalue weighted by Gasteiger charge is 2.05. The van der Waals surface area contributed by atoms with Crippen LogP contribution in [0.1, 0.15) is 65.2 Å². The van der Waals surface area contributed by atoms with E-state index in [2.05, 4.69) is 19.2 Å². The van der Waals surface area contributed by atoms with Crippen LogP contribution in [0.3, 0.4) is 0 Å². The van der Waals surface area contributed by atoms with E-state index in [1.54, 1.807) is 0 Å². The second kappa shape index (κ2) is 13.0. The Balaban J connectivity index is 3.26. The monoisotopic (exact) mass is 229 g/mol. The highest BCUT2D eigenvalue weighted by atomic mass is 16.5. The van der Waals surface area contributed by atoms with Crippen LogP contribution in [-0.4, -0.2) is 26.3 Å². The largest absolute Gasteiger partial charge is 0.380 e. The average Bonchev–Trinajstić information content (AvgIpc) is 2.31. The lowest BCUT2D eigenvalue weighted by Crippen LogP contribution is -2.30. The summed E-state index contributed by atoms with van der Waals surface area (Å²) in [4.78, 5) is 0. The van der Waals surface area contributed by atoms with Crippen LogP contribution in [0.15, 0.2) is 0 Å². The first-order chi connectivity index (χ1) is 7.85. The number of likely N-dealkylation sites (N-methyl/N-ethyl adjacent to an activating group) is 1. The molecule has 1 atom stereocenters. The minimum atomic E-state index is 0.553. The molecule has 0 rings (SSSR count). The summed E-state index contributed by atoms with van der Waals surface area (Å²) in [6, 6.07) is 0.553. The average molecular weight is 229 g/mol. The zero-order chi connectivity index (χ0) is 12.1. The molecule has 0 aliphatic rings. The van der Waals surface area contributed by atoms with Crippen LogP contribution < -0.4 is 5.32 Å². The second-order valence-corrected chi connectivity index (χ2v) is 4.62. The summed E-state index contributed by atoms with van der Waals surface area (Å²) >= 11 is 0. The smallest absolute Gasteiger partial charge is 0.0619 e. The van der Waals surface area contributed by atoms with Crippen molar-refractivity contribution in [3.05, 3.63) is 0 Å². The molecule has 0 aromatic heterocycles. The molecule has 1 N–H and O–H groups in total. The van der Waals surface area contributed by atoms with Crippen LogP contribution in [0.25, 0.3) is 0 Å². The van der Waals surface area contributed by atoms with Crippen LogP contribution in [0, 0.1) is 0 Å². The summed E-state index contributed by atoms with van der Waals surface area (Å²) in [5.41, 5.74) is 0. The van der Waals surface area contributed by atoms with E-state index in [4.69, 9.17) is 4.74 Å². The van der Waals surface area contributed by atoms with E-state index in [0.29, 0.717) is 6.04 Å². The lowest BCUT2D eigenvalue weighted by molar-refractivity contribution is 0.110. The fourth-order valence-electron chi connectivity index (χ4n) is 1.85. The van der Waals surface area contributed by atoms with Crippen molar-refractivity contribution < 1.29 is 4.74 Å². The molecular weight excluding hydrogens is 198 g/mol. The predicted octanol–water partition coefficient (Wildman–Crippen LogP) is 3.75. The van der Waals surface area contributed by atoms with E-state index in [-0.39, 0.29) is 0 Å². The van der Waals surface area contributed by atoms with E-state index >= 15 is 0 Å². The number of hydrogen-bond acceptors (Lipinski definition) is 2. The Hall–Kier alpha value is -0.0800. The molecule has 1 unspecified atom stereocenters. The van der Waals surface area contributed by atoms with E-state index in [0.717, 1.165) is 19.6 Å². The Bertz CT molecular complexity index is 128. The molecule has 98 valence electrons. The van der Waals surface area contributed by atoms with E-state index in [1.807, 2.05) is 7.05 Å². The summed E-state index contributed by atoms with van der Waals surface area (Å²) < 4.78 is 5.57. The van der Waals surface area contributed by atoms with Crippen LogP contribution in [-0.2, 0) is 4.74 Å². The molecule has 0 fully saturated rings. The van der Waals surface area contributed by atoms with Gasteiger partial charge in [0.1, 0.15) is 0 Å². The molecule has 2 heteroatoms. The van der Waals surface area contributed by atoms with Gasteiger partial charge in [-0.3, -0.25) is 0 Å². The summed E-state index contributed by atoms with van der Waals surface area (Å²) in [5, 5.41) is 3.34. The molecule has 2 nitrogen and oxygen atoms in total. The maximum Gasteiger partial charge on any atom is 0.0619 e. The van der Waals surface area contributed by atoms with Gasteiger partial charge in [-0.2, -0.15) is 0 Å². The summed E-state index contributed by atoms with van der Waals surface area (Å²) in [6.45, 7) is 6.19. The number of ether oxygens (including phenoxy) is 1. The van der Waals surface area contributed by atoms with E-state index in [1.165, 1.54) is 44.9 Å². The third kappa shape index (κ3) is 10.4. The Morgan fingerprint density at radius 3 is 2.25 bits per heavy atom. The van der Waals surface area contributed by atoms with Crippen LogP contribution >= 0.6 is 0 Å². The van der Waals surface area contributed by atoms with E-state index in [9.17, 15) is 0 Å². The lowest BCUT2D eigenvalue weighted by Gasteiger charge is -2.15. The van der Waals surface area contributed by atoms with Crippen molar-refractivity contribution in [2.24, 2.45) is 0 Å². The number of nitrogens with one attached hydrogen (secondary N) is 1. The normalized spacial score (nSPS) is 12.9. The zero-order valence-corrected chi connectivity index (χ0v) is 11.6. The first-order valence-electron chi connectivity index (χ1n) is 7.10. The Kier molecular flexibility index (Phi) is 12.9. The summed E-state index contributed by atoms with van der Waals surface area (Å²) in [6.07, 6.45) is 10.6. The van der Waals surface area contributed by atoms with Crippen LogP contribution in [0.2, 0.25) is 0 Å². The molecule has 0 aromatic carbocycles. The highest BCUT2D eigenvalue weighted by Crippen LogP contribution is 2.08. The maximum atomic E-state index is 5.57. The molecule has 0 heterocycles. The van der Waals surface area contributed by atoms with Gasteiger partial charge in [-0.1, -0.05) is 52.4 Å². The fourth-order valence-corrected chi connectivity index (χ4v) is 1.85. The predicted molar refractivity (Wildman–Crippen MR) is 72.0 cm³/mol. The minimum Gasteiger partial charge on any atom is -0.380 e. The third-order valence-corrected chi connectivity index (χ3v) is 2.98. The van der Waals surface area contributed by atoms with Crippen molar-refractivity contribution in [1.82, 2.24) is 5.32 Å². The van der Waals surface area contributed by atoms with Crippen molar-refractivity contribution in [3.63, 3.8) is 0 Å². The lowest BCUT2D eigenvalue weighted by atomic mass is 10.1. The SMILES string of the molecule is CCCCCCCCC(COCCC)NC. The number of unbranched alkanes of at least 4 members (excludes halogenated alkanes) is 5. The molecule has 0 aliphatic heterocycles. The first kappa shape index (κ1) is 15.9. The molecule has 0 aromatic rings. The van der Waals surface area contributed by atoms with Crippen molar-refractivity contribution >= 4 is 0 Å². The Labute approximate surface area is 102 Å². The fraction of sp³-hybridized carbons (Fsp3) is 1.00. The second-order valence-electron chi connectivity index (χ2n) is 4.62. The van der Waals surface area contributed by atoms with Crippen molar-refractivity contribution in [2.75, 3.05) is 20.3 Å². The first-order valence-corrected chi connectivity index (χ1v) is 7.10. The summed E-state index contributed by atoms with van der Waals surface area (Å²) in [7, 11) is 2.04. The van der Waals surface area contributed by atoms with Gasteiger partial charge in [0.25, 0.3) is 0 Å². The standard InChI is InChI=1S/C14H31NO/c1-4-6-7-8-9-10-11-14(15-3)13-16-12-5-2/h14-15H,4-13H2,1-3H3. The molecule has 0 aliphatic carbocycles. The minimum absolute atomic E-state index is 0.553. The third-order valence-electron chi connectivity index (χ3n) is 2.98. The van der Waals surface area contributed by atoms with Gasteiger partial charge in [-0.05, 0) is 19.9 Å². The Morgan fingerprint density at radius 2 is 1.62 bits per heavy atom. The van der Waals surface area contributed by atoms with Gasteiger partial charge in [0.05, 0.1) is 6.61 Å². The van der Waals surface area contributed by atoms with Crippen molar-refractivity contribution in [1.29, 1.82) is 0 Å². The molecule has 0 amide bonds. The molecule has 16 heavy (non-hydrogen) atoms. The van der Waals surface area contributed by atoms with Gasteiger partial charge < -0.3 is 10.1 Å². The van der Waals surface area contributed by atoms with Gasteiger partial charge in [0.2, 0.25) is 0 Å². The van der Waals surface area contributed by atoms with Crippen molar-refractivity contribution in [3.8, 4) is 0 Å². The summed E-state index contributed by atoms with van der Waals surface area (Å²) in [5.74, 6) is 0. The molecule has 0 saturated heterocycles. The zero-order valence-electron chi connectivity index (χ0n) is 11.6.